The quantitative estimate of drug-likeness (QED) is 0.237. The standard InChI is InChI=1S/C16H14N4O4S.Na/c17-10-1-4-12(5-2-10)19-20-15-14(25(22,23)24)8-9-7-11(18)3-6-13(9)16(15)21;/h1-8,21H,17-18H2,(H,22,23,24);. The minimum atomic E-state index is -4.65. The van der Waals surface area contributed by atoms with Gasteiger partial charge in [0.15, 0.2) is 5.75 Å². The SMILES string of the molecule is Nc1ccc(N=Nc2c(S(=O)(=O)O)cc3cc(N)ccc3c2O)cc1.[Na]. The molecule has 0 aliphatic rings. The Bertz CT molecular complexity index is 1100. The van der Waals surface area contributed by atoms with Gasteiger partial charge in [-0.15, -0.1) is 5.11 Å². The van der Waals surface area contributed by atoms with Crippen molar-refractivity contribution in [2.75, 3.05) is 11.5 Å². The number of phenolic OH excluding ortho intramolecular Hbond substituents is 1. The summed E-state index contributed by atoms with van der Waals surface area (Å²) in [6, 6.07) is 12.1. The Hall–Kier alpha value is -2.17. The molecule has 3 aromatic rings. The molecule has 0 fully saturated rings. The number of benzene rings is 3. The zero-order valence-electron chi connectivity index (χ0n) is 13.8. The Balaban J connectivity index is 0.00000243. The zero-order valence-corrected chi connectivity index (χ0v) is 16.6. The first-order valence-corrected chi connectivity index (χ1v) is 8.50. The van der Waals surface area contributed by atoms with E-state index in [2.05, 4.69) is 10.2 Å². The second-order valence-electron chi connectivity index (χ2n) is 5.32. The molecule has 8 nitrogen and oxygen atoms in total. The van der Waals surface area contributed by atoms with E-state index in [1.54, 1.807) is 30.3 Å². The van der Waals surface area contributed by atoms with E-state index in [0.29, 0.717) is 27.8 Å². The fraction of sp³-hybridized carbons (Fsp3) is 0. The van der Waals surface area contributed by atoms with Gasteiger partial charge in [0.05, 0.1) is 5.69 Å². The molecule has 0 atom stereocenters. The molecule has 0 aliphatic carbocycles. The first kappa shape index (κ1) is 20.1. The second kappa shape index (κ2) is 7.60. The van der Waals surface area contributed by atoms with Crippen LogP contribution in [0.2, 0.25) is 0 Å². The minimum absolute atomic E-state index is 0. The van der Waals surface area contributed by atoms with Gasteiger partial charge in [-0.1, -0.05) is 0 Å². The Labute approximate surface area is 171 Å². The van der Waals surface area contributed by atoms with Crippen molar-refractivity contribution in [3.63, 3.8) is 0 Å². The summed E-state index contributed by atoms with van der Waals surface area (Å²) in [6.45, 7) is 0. The first-order valence-electron chi connectivity index (χ1n) is 7.05. The van der Waals surface area contributed by atoms with Crippen LogP contribution < -0.4 is 11.5 Å². The molecule has 0 saturated carbocycles. The summed E-state index contributed by atoms with van der Waals surface area (Å²) >= 11 is 0. The molecule has 0 amide bonds. The van der Waals surface area contributed by atoms with Gasteiger partial charge in [0.25, 0.3) is 10.1 Å². The summed E-state index contributed by atoms with van der Waals surface area (Å²) in [7, 11) is -4.65. The number of nitrogen functional groups attached to an aromatic ring is 2. The van der Waals surface area contributed by atoms with Gasteiger partial charge < -0.3 is 16.6 Å². The third-order valence-electron chi connectivity index (χ3n) is 3.51. The van der Waals surface area contributed by atoms with Gasteiger partial charge in [0, 0.05) is 46.3 Å². The molecule has 0 unspecified atom stereocenters. The van der Waals surface area contributed by atoms with Crippen LogP contribution in [0.25, 0.3) is 10.8 Å². The first-order chi connectivity index (χ1) is 11.8. The van der Waals surface area contributed by atoms with Gasteiger partial charge in [-0.2, -0.15) is 13.5 Å². The van der Waals surface area contributed by atoms with Gasteiger partial charge in [-0.25, -0.2) is 0 Å². The van der Waals surface area contributed by atoms with E-state index in [9.17, 15) is 18.1 Å². The summed E-state index contributed by atoms with van der Waals surface area (Å²) in [4.78, 5) is -0.567. The molecule has 0 saturated heterocycles. The van der Waals surface area contributed by atoms with Gasteiger partial charge in [-0.3, -0.25) is 4.55 Å². The summed E-state index contributed by atoms with van der Waals surface area (Å²) in [5.41, 5.74) is 12.2. The van der Waals surface area contributed by atoms with Gasteiger partial charge in [0.1, 0.15) is 10.6 Å². The van der Waals surface area contributed by atoms with Crippen LogP contribution in [0.3, 0.4) is 0 Å². The Morgan fingerprint density at radius 2 is 1.50 bits per heavy atom. The van der Waals surface area contributed by atoms with Crippen LogP contribution in [-0.4, -0.2) is 47.6 Å². The van der Waals surface area contributed by atoms with Crippen LogP contribution in [-0.2, 0) is 10.1 Å². The molecule has 0 bridgehead atoms. The Morgan fingerprint density at radius 3 is 2.12 bits per heavy atom. The van der Waals surface area contributed by atoms with Crippen molar-refractivity contribution in [3.05, 3.63) is 48.5 Å². The molecule has 26 heavy (non-hydrogen) atoms. The monoisotopic (exact) mass is 381 g/mol. The number of nitrogens with two attached hydrogens (primary N) is 2. The Kier molecular flexibility index (Phi) is 5.89. The summed E-state index contributed by atoms with van der Waals surface area (Å²) in [5.74, 6) is -0.427. The number of rotatable bonds is 3. The van der Waals surface area contributed by atoms with Crippen LogP contribution in [0.1, 0.15) is 0 Å². The van der Waals surface area contributed by atoms with Crippen molar-refractivity contribution in [1.29, 1.82) is 0 Å². The average Bonchev–Trinajstić information content (AvgIpc) is 2.54. The number of hydrogen-bond acceptors (Lipinski definition) is 7. The van der Waals surface area contributed by atoms with Gasteiger partial charge >= 0.3 is 0 Å². The van der Waals surface area contributed by atoms with Gasteiger partial charge in [0.2, 0.25) is 0 Å². The number of aromatic hydroxyl groups is 1. The Morgan fingerprint density at radius 1 is 0.885 bits per heavy atom. The fourth-order valence-electron chi connectivity index (χ4n) is 2.31. The van der Waals surface area contributed by atoms with E-state index >= 15 is 0 Å². The molecule has 6 N–H and O–H groups in total. The average molecular weight is 381 g/mol. The topological polar surface area (TPSA) is 151 Å². The smallest absolute Gasteiger partial charge is 0.296 e. The minimum Gasteiger partial charge on any atom is -0.505 e. The van der Waals surface area contributed by atoms with Crippen molar-refractivity contribution in [2.24, 2.45) is 10.2 Å². The molecule has 0 aliphatic heterocycles. The van der Waals surface area contributed by atoms with Crippen LogP contribution in [0.5, 0.6) is 5.75 Å². The maximum absolute atomic E-state index is 11.7. The van der Waals surface area contributed by atoms with Crippen molar-refractivity contribution in [3.8, 4) is 5.75 Å². The van der Waals surface area contributed by atoms with Crippen LogP contribution in [0.15, 0.2) is 63.7 Å². The number of fused-ring (bicyclic) bond motifs is 1. The zero-order chi connectivity index (χ0) is 18.2. The fourth-order valence-corrected chi connectivity index (χ4v) is 2.97. The van der Waals surface area contributed by atoms with Crippen molar-refractivity contribution in [2.45, 2.75) is 4.90 Å². The van der Waals surface area contributed by atoms with E-state index in [1.165, 1.54) is 18.2 Å². The van der Waals surface area contributed by atoms with E-state index in [0.717, 1.165) is 0 Å². The largest absolute Gasteiger partial charge is 0.505 e. The van der Waals surface area contributed by atoms with E-state index in [-0.39, 0.29) is 35.2 Å². The van der Waals surface area contributed by atoms with Crippen LogP contribution >= 0.6 is 0 Å². The maximum Gasteiger partial charge on any atom is 0.296 e. The molecule has 3 aromatic carbocycles. The van der Waals surface area contributed by atoms with E-state index in [4.69, 9.17) is 11.5 Å². The molecule has 1 radical (unpaired) electrons. The third-order valence-corrected chi connectivity index (χ3v) is 4.38. The van der Waals surface area contributed by atoms with Crippen molar-refractivity contribution >= 4 is 73.2 Å². The molecule has 0 aromatic heterocycles. The molecule has 0 spiro atoms. The molecular formula is C16H14N4NaO4S. The van der Waals surface area contributed by atoms with Crippen molar-refractivity contribution in [1.82, 2.24) is 0 Å². The molecule has 10 heteroatoms. The third kappa shape index (κ3) is 4.14. The molecule has 0 heterocycles. The van der Waals surface area contributed by atoms with E-state index < -0.39 is 20.8 Å². The number of phenols is 1. The van der Waals surface area contributed by atoms with Crippen molar-refractivity contribution < 1.29 is 18.1 Å². The van der Waals surface area contributed by atoms with E-state index in [1.807, 2.05) is 0 Å². The van der Waals surface area contributed by atoms with Crippen LogP contribution in [0, 0.1) is 0 Å². The number of nitrogens with zero attached hydrogens (tertiary/aromatic N) is 2. The molecular weight excluding hydrogens is 367 g/mol. The summed E-state index contributed by atoms with van der Waals surface area (Å²) in [5, 5.41) is 18.8. The summed E-state index contributed by atoms with van der Waals surface area (Å²) in [6.07, 6.45) is 0. The summed E-state index contributed by atoms with van der Waals surface area (Å²) < 4.78 is 32.8. The number of azo groups is 1. The maximum atomic E-state index is 11.7. The molecule has 129 valence electrons. The predicted octanol–water partition coefficient (Wildman–Crippen LogP) is 2.99. The van der Waals surface area contributed by atoms with Gasteiger partial charge in [-0.05, 0) is 53.9 Å². The normalized spacial score (nSPS) is 11.6. The van der Waals surface area contributed by atoms with Crippen LogP contribution in [0.4, 0.5) is 22.7 Å². The number of anilines is 2. The predicted molar refractivity (Wildman–Crippen MR) is 101 cm³/mol. The number of hydrogen-bond donors (Lipinski definition) is 4. The molecule has 3 rings (SSSR count). The second-order valence-corrected chi connectivity index (χ2v) is 6.71.